The molecule has 7 nitrogen and oxygen atoms in total. The number of carbonyl (C=O) groups excluding carboxylic acids is 2. The Kier molecular flexibility index (Phi) is 9.00. The van der Waals surface area contributed by atoms with Gasteiger partial charge in [-0.3, -0.25) is 9.78 Å². The first-order valence-corrected chi connectivity index (χ1v) is 10.5. The molecule has 7 heteroatoms. The van der Waals surface area contributed by atoms with Crippen LogP contribution in [0.2, 0.25) is 0 Å². The van der Waals surface area contributed by atoms with Gasteiger partial charge in [-0.15, -0.1) is 0 Å². The number of ether oxygens (including phenoxy) is 3. The second-order valence-corrected chi connectivity index (χ2v) is 7.97. The lowest BCUT2D eigenvalue weighted by Crippen LogP contribution is -2.29. The van der Waals surface area contributed by atoms with Gasteiger partial charge in [0, 0.05) is 30.5 Å². The number of esters is 2. The van der Waals surface area contributed by atoms with Crippen LogP contribution in [0.4, 0.5) is 5.69 Å². The van der Waals surface area contributed by atoms with E-state index >= 15 is 0 Å². The Labute approximate surface area is 184 Å². The van der Waals surface area contributed by atoms with E-state index in [1.165, 1.54) is 0 Å². The Balaban J connectivity index is 2.03. The molecule has 0 amide bonds. The SMILES string of the molecule is CCOC(=O)C(Cc1ccc(-c2cccc(NCC(=O)OC(C)(C)C)c2)nc1)OCC. The number of nitrogens with zero attached hydrogens (tertiary/aromatic N) is 1. The molecule has 0 aliphatic carbocycles. The molecule has 0 fully saturated rings. The van der Waals surface area contributed by atoms with Crippen LogP contribution in [0, 0.1) is 0 Å². The number of carbonyl (C=O) groups is 2. The van der Waals surface area contributed by atoms with Crippen molar-refractivity contribution in [2.24, 2.45) is 0 Å². The molecule has 31 heavy (non-hydrogen) atoms. The van der Waals surface area contributed by atoms with E-state index in [9.17, 15) is 9.59 Å². The molecule has 1 atom stereocenters. The molecule has 1 aromatic carbocycles. The molecule has 0 saturated heterocycles. The highest BCUT2D eigenvalue weighted by Crippen LogP contribution is 2.22. The fraction of sp³-hybridized carbons (Fsp3) is 0.458. The van der Waals surface area contributed by atoms with E-state index in [4.69, 9.17) is 14.2 Å². The van der Waals surface area contributed by atoms with Crippen molar-refractivity contribution in [1.29, 1.82) is 0 Å². The lowest BCUT2D eigenvalue weighted by atomic mass is 10.1. The summed E-state index contributed by atoms with van der Waals surface area (Å²) >= 11 is 0. The molecule has 2 rings (SSSR count). The van der Waals surface area contributed by atoms with Crippen LogP contribution in [0.25, 0.3) is 11.3 Å². The maximum absolute atomic E-state index is 12.0. The van der Waals surface area contributed by atoms with Gasteiger partial charge in [-0.05, 0) is 58.4 Å². The summed E-state index contributed by atoms with van der Waals surface area (Å²) in [6.45, 7) is 9.96. The van der Waals surface area contributed by atoms with Crippen molar-refractivity contribution in [3.05, 3.63) is 48.2 Å². The smallest absolute Gasteiger partial charge is 0.335 e. The van der Waals surface area contributed by atoms with Crippen LogP contribution >= 0.6 is 0 Å². The average molecular weight is 429 g/mol. The monoisotopic (exact) mass is 428 g/mol. The van der Waals surface area contributed by atoms with Crippen molar-refractivity contribution in [2.45, 2.75) is 52.7 Å². The van der Waals surface area contributed by atoms with Crippen molar-refractivity contribution in [2.75, 3.05) is 25.1 Å². The third kappa shape index (κ3) is 8.38. The predicted molar refractivity (Wildman–Crippen MR) is 120 cm³/mol. The Morgan fingerprint density at radius 1 is 1.10 bits per heavy atom. The van der Waals surface area contributed by atoms with Gasteiger partial charge in [-0.2, -0.15) is 0 Å². The summed E-state index contributed by atoms with van der Waals surface area (Å²) in [7, 11) is 0. The van der Waals surface area contributed by atoms with Crippen LogP contribution in [0.3, 0.4) is 0 Å². The second kappa shape index (κ2) is 11.5. The average Bonchev–Trinajstić information content (AvgIpc) is 2.72. The summed E-state index contributed by atoms with van der Waals surface area (Å²) in [5, 5.41) is 3.08. The Hall–Kier alpha value is -2.93. The number of pyridine rings is 1. The Morgan fingerprint density at radius 3 is 2.48 bits per heavy atom. The van der Waals surface area contributed by atoms with E-state index in [1.807, 2.05) is 64.1 Å². The van der Waals surface area contributed by atoms with Gasteiger partial charge in [-0.1, -0.05) is 18.2 Å². The lowest BCUT2D eigenvalue weighted by Gasteiger charge is -2.19. The van der Waals surface area contributed by atoms with Gasteiger partial charge in [0.2, 0.25) is 0 Å². The van der Waals surface area contributed by atoms with Crippen LogP contribution in [0.15, 0.2) is 42.6 Å². The zero-order valence-electron chi connectivity index (χ0n) is 18.9. The minimum Gasteiger partial charge on any atom is -0.464 e. The molecule has 1 heterocycles. The third-order valence-electron chi connectivity index (χ3n) is 4.18. The van der Waals surface area contributed by atoms with Crippen molar-refractivity contribution in [3.8, 4) is 11.3 Å². The van der Waals surface area contributed by atoms with E-state index in [0.29, 0.717) is 19.6 Å². The molecule has 1 aromatic heterocycles. The molecule has 0 bridgehead atoms. The van der Waals surface area contributed by atoms with Crippen molar-refractivity contribution in [3.63, 3.8) is 0 Å². The molecule has 0 saturated carbocycles. The third-order valence-corrected chi connectivity index (χ3v) is 4.18. The Morgan fingerprint density at radius 2 is 1.87 bits per heavy atom. The van der Waals surface area contributed by atoms with Gasteiger partial charge in [-0.25, -0.2) is 4.79 Å². The van der Waals surface area contributed by atoms with Crippen LogP contribution in [-0.2, 0) is 30.2 Å². The van der Waals surface area contributed by atoms with E-state index in [1.54, 1.807) is 13.1 Å². The standard InChI is InChI=1S/C24H32N2O5/c1-6-29-21(23(28)30-7-2)13-17-11-12-20(26-15-17)18-9-8-10-19(14-18)25-16-22(27)31-24(3,4)5/h8-12,14-15,21,25H,6-7,13,16H2,1-5H3. The van der Waals surface area contributed by atoms with Crippen LogP contribution in [0.1, 0.15) is 40.2 Å². The van der Waals surface area contributed by atoms with E-state index < -0.39 is 11.7 Å². The van der Waals surface area contributed by atoms with Gasteiger partial charge < -0.3 is 19.5 Å². The number of aromatic nitrogens is 1. The summed E-state index contributed by atoms with van der Waals surface area (Å²) in [5.74, 6) is -0.678. The highest BCUT2D eigenvalue weighted by atomic mass is 16.6. The van der Waals surface area contributed by atoms with Crippen molar-refractivity contribution < 1.29 is 23.8 Å². The largest absolute Gasteiger partial charge is 0.464 e. The molecule has 168 valence electrons. The minimum atomic E-state index is -0.641. The van der Waals surface area contributed by atoms with Gasteiger partial charge in [0.25, 0.3) is 0 Å². The first-order valence-electron chi connectivity index (χ1n) is 10.5. The number of benzene rings is 1. The quantitative estimate of drug-likeness (QED) is 0.572. The first-order chi connectivity index (χ1) is 14.7. The number of hydrogen-bond acceptors (Lipinski definition) is 7. The van der Waals surface area contributed by atoms with Crippen molar-refractivity contribution >= 4 is 17.6 Å². The first kappa shape index (κ1) is 24.3. The molecule has 0 spiro atoms. The van der Waals surface area contributed by atoms with Gasteiger partial charge in [0.05, 0.1) is 12.3 Å². The summed E-state index contributed by atoms with van der Waals surface area (Å²) in [4.78, 5) is 28.5. The molecular weight excluding hydrogens is 396 g/mol. The zero-order chi connectivity index (χ0) is 22.9. The van der Waals surface area contributed by atoms with Crippen LogP contribution in [0.5, 0.6) is 0 Å². The summed E-state index contributed by atoms with van der Waals surface area (Å²) in [5.41, 5.74) is 2.87. The maximum Gasteiger partial charge on any atom is 0.335 e. The fourth-order valence-electron chi connectivity index (χ4n) is 2.92. The molecule has 0 aliphatic heterocycles. The second-order valence-electron chi connectivity index (χ2n) is 7.97. The topological polar surface area (TPSA) is 86.8 Å². The van der Waals surface area contributed by atoms with Crippen LogP contribution in [-0.4, -0.2) is 48.4 Å². The summed E-state index contributed by atoms with van der Waals surface area (Å²) < 4.78 is 15.9. The number of hydrogen-bond donors (Lipinski definition) is 1. The van der Waals surface area contributed by atoms with Gasteiger partial charge in [0.15, 0.2) is 6.10 Å². The Bertz CT molecular complexity index is 859. The van der Waals surface area contributed by atoms with Crippen molar-refractivity contribution in [1.82, 2.24) is 4.98 Å². The van der Waals surface area contributed by atoms with E-state index in [-0.39, 0.29) is 18.5 Å². The molecule has 1 N–H and O–H groups in total. The fourth-order valence-corrected chi connectivity index (χ4v) is 2.92. The van der Waals surface area contributed by atoms with Gasteiger partial charge in [0.1, 0.15) is 12.1 Å². The lowest BCUT2D eigenvalue weighted by molar-refractivity contribution is -0.156. The highest BCUT2D eigenvalue weighted by Gasteiger charge is 2.21. The zero-order valence-corrected chi connectivity index (χ0v) is 18.9. The summed E-state index contributed by atoms with van der Waals surface area (Å²) in [6.07, 6.45) is 1.50. The number of rotatable bonds is 10. The molecule has 1 unspecified atom stereocenters. The number of nitrogens with one attached hydrogen (secondary N) is 1. The summed E-state index contributed by atoms with van der Waals surface area (Å²) in [6, 6.07) is 11.5. The van der Waals surface area contributed by atoms with Gasteiger partial charge >= 0.3 is 11.9 Å². The highest BCUT2D eigenvalue weighted by molar-refractivity contribution is 5.76. The minimum absolute atomic E-state index is 0.0831. The normalized spacial score (nSPS) is 12.2. The molecular formula is C24H32N2O5. The maximum atomic E-state index is 12.0. The molecule has 0 radical (unpaired) electrons. The predicted octanol–water partition coefficient (Wildman–Crippen LogP) is 4.01. The molecule has 0 aliphatic rings. The van der Waals surface area contributed by atoms with Crippen LogP contribution < -0.4 is 5.32 Å². The number of anilines is 1. The van der Waals surface area contributed by atoms with E-state index in [2.05, 4.69) is 10.3 Å². The molecule has 2 aromatic rings. The van der Waals surface area contributed by atoms with E-state index in [0.717, 1.165) is 22.5 Å².